The first-order chi connectivity index (χ1) is 30.7. The molecule has 0 bridgehead atoms. The molecule has 4 aromatic heterocycles. The van der Waals surface area contributed by atoms with Crippen LogP contribution in [0.25, 0.3) is 33.8 Å². The Bertz CT molecular complexity index is 2600. The molecule has 7 rings (SSSR count). The van der Waals surface area contributed by atoms with Gasteiger partial charge in [0.1, 0.15) is 11.3 Å². The van der Waals surface area contributed by atoms with Crippen LogP contribution in [-0.2, 0) is 32.0 Å². The van der Waals surface area contributed by atoms with Crippen molar-refractivity contribution in [2.24, 2.45) is 0 Å². The fourth-order valence-electron chi connectivity index (χ4n) is 6.04. The average molecular weight is 888 g/mol. The summed E-state index contributed by atoms with van der Waals surface area (Å²) >= 11 is 0. The van der Waals surface area contributed by atoms with E-state index in [2.05, 4.69) is 62.4 Å². The number of para-hydroxylation sites is 1. The fourth-order valence-corrected chi connectivity index (χ4v) is 6.04. The van der Waals surface area contributed by atoms with Crippen LogP contribution in [0.4, 0.5) is 5.69 Å². The summed E-state index contributed by atoms with van der Waals surface area (Å²) in [6.45, 7) is 8.21. The van der Waals surface area contributed by atoms with Gasteiger partial charge in [-0.1, -0.05) is 90.0 Å². The van der Waals surface area contributed by atoms with E-state index in [-0.39, 0.29) is 17.5 Å². The molecule has 0 saturated carbocycles. The number of carboxylic acids is 2. The first-order valence-electron chi connectivity index (χ1n) is 20.2. The van der Waals surface area contributed by atoms with Crippen molar-refractivity contribution in [1.29, 1.82) is 0 Å². The van der Waals surface area contributed by atoms with Crippen LogP contribution in [0.1, 0.15) is 33.6 Å². The Kier molecular flexibility index (Phi) is 17.3. The van der Waals surface area contributed by atoms with Crippen LogP contribution < -0.4 is 0 Å². The van der Waals surface area contributed by atoms with Crippen molar-refractivity contribution in [3.63, 3.8) is 0 Å². The van der Waals surface area contributed by atoms with Gasteiger partial charge in [-0.3, -0.25) is 19.7 Å². The summed E-state index contributed by atoms with van der Waals surface area (Å²) in [5, 5.41) is 42.5. The highest BCUT2D eigenvalue weighted by molar-refractivity contribution is 5.83. The zero-order valence-electron chi connectivity index (χ0n) is 37.4. The number of carbonyl (C=O) groups excluding carboxylic acids is 2. The van der Waals surface area contributed by atoms with Gasteiger partial charge >= 0.3 is 11.9 Å². The maximum Gasteiger partial charge on any atom is 0.335 e. The number of pyridine rings is 2. The van der Waals surface area contributed by atoms with Crippen LogP contribution in [0.5, 0.6) is 0 Å². The van der Waals surface area contributed by atoms with Crippen molar-refractivity contribution in [1.82, 2.24) is 28.6 Å². The Morgan fingerprint density at radius 1 is 0.569 bits per heavy atom. The molecule has 0 aliphatic carbocycles. The van der Waals surface area contributed by atoms with Gasteiger partial charge in [0.05, 0.1) is 40.5 Å². The first-order valence-corrected chi connectivity index (χ1v) is 20.2. The van der Waals surface area contributed by atoms with Gasteiger partial charge in [-0.2, -0.15) is 0 Å². The Morgan fingerprint density at radius 2 is 0.908 bits per heavy atom. The van der Waals surface area contributed by atoms with Gasteiger partial charge in [0.2, 0.25) is 11.8 Å². The summed E-state index contributed by atoms with van der Waals surface area (Å²) in [6.07, 6.45) is 0.216. The molecule has 65 heavy (non-hydrogen) atoms. The molecule has 0 aliphatic rings. The standard InChI is InChI=1S/2C19H21N3O.C6H5NO2.C4H6O6/c2*1-13-5-8-15(9-6-13)19-16(11-18(23)21(3)4)22-12-14(2)7-10-17(22)20-19;8-7(9)6-4-2-1-3-5-6;5-1(3(7)8)2(6)4(9)10/h2*5-10,12H,11H2,1-4H3;1-5H;1-2,5-6H,(H,7,8)(H,9,10). The maximum absolute atomic E-state index is 12.3. The minimum atomic E-state index is -2.27. The summed E-state index contributed by atoms with van der Waals surface area (Å²) < 4.78 is 4.07. The summed E-state index contributed by atoms with van der Waals surface area (Å²) in [5.74, 6) is -3.40. The second-order valence-electron chi connectivity index (χ2n) is 15.5. The zero-order valence-corrected chi connectivity index (χ0v) is 37.4. The van der Waals surface area contributed by atoms with Crippen molar-refractivity contribution in [3.8, 4) is 22.5 Å². The fraction of sp³-hybridized carbons (Fsp3) is 0.250. The number of imidazole rings is 2. The molecular formula is C48H53N7O10. The number of carbonyl (C=O) groups is 4. The van der Waals surface area contributed by atoms with Crippen molar-refractivity contribution in [2.75, 3.05) is 28.2 Å². The van der Waals surface area contributed by atoms with E-state index in [1.807, 2.05) is 59.3 Å². The van der Waals surface area contributed by atoms with Crippen LogP contribution in [0.3, 0.4) is 0 Å². The Balaban J connectivity index is 0.000000206. The van der Waals surface area contributed by atoms with Crippen molar-refractivity contribution in [3.05, 3.63) is 159 Å². The van der Waals surface area contributed by atoms with Gasteiger partial charge in [-0.25, -0.2) is 19.6 Å². The van der Waals surface area contributed by atoms with Crippen LogP contribution in [0, 0.1) is 37.8 Å². The van der Waals surface area contributed by atoms with Gasteiger partial charge in [-0.15, -0.1) is 0 Å². The lowest BCUT2D eigenvalue weighted by atomic mass is 10.1. The normalized spacial score (nSPS) is 11.4. The highest BCUT2D eigenvalue weighted by Gasteiger charge is 2.29. The molecule has 7 aromatic rings. The molecule has 0 aliphatic heterocycles. The Labute approximate surface area is 375 Å². The number of non-ortho nitro benzene ring substituents is 1. The molecule has 2 amide bonds. The second kappa shape index (κ2) is 22.5. The molecule has 0 saturated heterocycles. The van der Waals surface area contributed by atoms with Gasteiger partial charge in [0, 0.05) is 63.8 Å². The van der Waals surface area contributed by atoms with E-state index in [0.29, 0.717) is 12.8 Å². The lowest BCUT2D eigenvalue weighted by Gasteiger charge is -2.11. The summed E-state index contributed by atoms with van der Waals surface area (Å²) in [4.78, 5) is 66.4. The number of aryl methyl sites for hydroxylation is 4. The molecular weight excluding hydrogens is 835 g/mol. The number of benzene rings is 3. The minimum Gasteiger partial charge on any atom is -0.479 e. The van der Waals surface area contributed by atoms with E-state index in [0.717, 1.165) is 56.3 Å². The first kappa shape index (κ1) is 49.9. The largest absolute Gasteiger partial charge is 0.479 e. The van der Waals surface area contributed by atoms with E-state index in [9.17, 15) is 29.3 Å². The van der Waals surface area contributed by atoms with Crippen molar-refractivity contribution >= 4 is 40.7 Å². The molecule has 17 nitrogen and oxygen atoms in total. The molecule has 3 aromatic carbocycles. The number of nitro benzene ring substituents is 1. The Hall–Kier alpha value is -7.76. The molecule has 4 heterocycles. The lowest BCUT2D eigenvalue weighted by Crippen LogP contribution is -2.39. The number of fused-ring (bicyclic) bond motifs is 2. The predicted molar refractivity (Wildman–Crippen MR) is 245 cm³/mol. The third kappa shape index (κ3) is 13.6. The number of aliphatic carboxylic acids is 2. The summed E-state index contributed by atoms with van der Waals surface area (Å²) in [7, 11) is 7.12. The molecule has 0 fully saturated rings. The summed E-state index contributed by atoms with van der Waals surface area (Å²) in [5.41, 5.74) is 12.3. The number of rotatable bonds is 10. The summed E-state index contributed by atoms with van der Waals surface area (Å²) in [6, 6.07) is 32.5. The monoisotopic (exact) mass is 887 g/mol. The van der Waals surface area contributed by atoms with Crippen molar-refractivity contribution < 1.29 is 44.5 Å². The van der Waals surface area contributed by atoms with Gasteiger partial charge in [0.15, 0.2) is 12.2 Å². The minimum absolute atomic E-state index is 0.0710. The topological polar surface area (TPSA) is 233 Å². The smallest absolute Gasteiger partial charge is 0.335 e. The molecule has 0 radical (unpaired) electrons. The SMILES string of the molecule is Cc1ccc(-c2nc3ccc(C)cn3c2CC(=O)N(C)C)cc1.Cc1ccc(-c2nc3ccc(C)cn3c2CC(=O)N(C)C)cc1.O=C(O)C(O)C(O)C(=O)O.O=[N+]([O-])c1ccccc1. The van der Waals surface area contributed by atoms with Crippen LogP contribution in [0.15, 0.2) is 116 Å². The zero-order chi connectivity index (χ0) is 48.1. The van der Waals surface area contributed by atoms with E-state index in [1.165, 1.54) is 23.3 Å². The van der Waals surface area contributed by atoms with Crippen LogP contribution in [0.2, 0.25) is 0 Å². The number of aliphatic hydroxyl groups is 2. The van der Waals surface area contributed by atoms with Crippen LogP contribution >= 0.6 is 0 Å². The molecule has 2 atom stereocenters. The van der Waals surface area contributed by atoms with Gasteiger partial charge in [-0.05, 0) is 51.0 Å². The number of aliphatic hydroxyl groups excluding tert-OH is 2. The van der Waals surface area contributed by atoms with E-state index < -0.39 is 29.1 Å². The number of carboxylic acid groups (broad SMARTS) is 2. The molecule has 4 N–H and O–H groups in total. The quantitative estimate of drug-likeness (QED) is 0.0919. The van der Waals surface area contributed by atoms with E-state index in [4.69, 9.17) is 30.4 Å². The number of hydrogen-bond acceptors (Lipinski definition) is 10. The number of nitrogens with zero attached hydrogens (tertiary/aromatic N) is 7. The predicted octanol–water partition coefficient (Wildman–Crippen LogP) is 5.97. The van der Waals surface area contributed by atoms with E-state index in [1.54, 1.807) is 56.2 Å². The lowest BCUT2D eigenvalue weighted by molar-refractivity contribution is -0.384. The second-order valence-corrected chi connectivity index (χ2v) is 15.5. The van der Waals surface area contributed by atoms with Crippen molar-refractivity contribution in [2.45, 2.75) is 52.7 Å². The third-order valence-electron chi connectivity index (χ3n) is 9.79. The highest BCUT2D eigenvalue weighted by Crippen LogP contribution is 2.28. The molecule has 340 valence electrons. The number of amides is 2. The third-order valence-corrected chi connectivity index (χ3v) is 9.79. The van der Waals surface area contributed by atoms with Gasteiger partial charge < -0.3 is 39.0 Å². The number of hydrogen-bond donors (Lipinski definition) is 4. The number of nitro groups is 1. The molecule has 2 unspecified atom stereocenters. The number of aromatic nitrogens is 4. The highest BCUT2D eigenvalue weighted by atomic mass is 16.6. The number of likely N-dealkylation sites (N-methyl/N-ethyl adjacent to an activating group) is 2. The van der Waals surface area contributed by atoms with Gasteiger partial charge in [0.25, 0.3) is 5.69 Å². The average Bonchev–Trinajstić information content (AvgIpc) is 3.81. The Morgan fingerprint density at radius 3 is 1.20 bits per heavy atom. The van der Waals surface area contributed by atoms with Crippen LogP contribution in [-0.4, -0.2) is 118 Å². The molecule has 17 heteroatoms. The van der Waals surface area contributed by atoms with E-state index >= 15 is 0 Å². The maximum atomic E-state index is 12.3. The molecule has 0 spiro atoms.